The van der Waals surface area contributed by atoms with Crippen LogP contribution in [-0.4, -0.2) is 23.0 Å². The first-order valence-corrected chi connectivity index (χ1v) is 9.68. The molecule has 0 aliphatic rings. The average molecular weight is 406 g/mol. The Morgan fingerprint density at radius 1 is 1.17 bits per heavy atom. The zero-order chi connectivity index (χ0) is 20.4. The van der Waals surface area contributed by atoms with Crippen molar-refractivity contribution < 1.29 is 9.53 Å². The highest BCUT2D eigenvalue weighted by molar-refractivity contribution is 6.31. The number of aromatic nitrogens is 2. The van der Waals surface area contributed by atoms with Gasteiger partial charge in [0.2, 0.25) is 5.88 Å². The van der Waals surface area contributed by atoms with E-state index in [0.717, 1.165) is 34.1 Å². The van der Waals surface area contributed by atoms with E-state index in [2.05, 4.69) is 28.3 Å². The zero-order valence-corrected chi connectivity index (χ0v) is 16.9. The molecule has 2 heterocycles. The van der Waals surface area contributed by atoms with Crippen LogP contribution in [0.3, 0.4) is 0 Å². The lowest BCUT2D eigenvalue weighted by Crippen LogP contribution is -2.11. The Hall–Kier alpha value is -3.31. The summed E-state index contributed by atoms with van der Waals surface area (Å²) in [5, 5.41) is 4.48. The van der Waals surface area contributed by atoms with Crippen molar-refractivity contribution >= 4 is 34.1 Å². The van der Waals surface area contributed by atoms with Crippen LogP contribution in [0.5, 0.6) is 5.88 Å². The largest absolute Gasteiger partial charge is 0.480 e. The highest BCUT2D eigenvalue weighted by Gasteiger charge is 2.15. The summed E-state index contributed by atoms with van der Waals surface area (Å²) in [6, 6.07) is 16.7. The quantitative estimate of drug-likeness (QED) is 0.447. The number of carbonyl (C=O) groups is 1. The Labute approximate surface area is 173 Å². The number of pyridine rings is 1. The van der Waals surface area contributed by atoms with Crippen LogP contribution in [0.25, 0.3) is 22.2 Å². The number of aromatic amines is 1. The van der Waals surface area contributed by atoms with Gasteiger partial charge in [-0.3, -0.25) is 4.79 Å². The van der Waals surface area contributed by atoms with Crippen molar-refractivity contribution in [3.8, 4) is 17.1 Å². The molecule has 4 rings (SSSR count). The third-order valence-electron chi connectivity index (χ3n) is 4.81. The summed E-state index contributed by atoms with van der Waals surface area (Å²) in [4.78, 5) is 20.3. The maximum absolute atomic E-state index is 12.5. The van der Waals surface area contributed by atoms with Gasteiger partial charge in [-0.25, -0.2) is 4.98 Å². The van der Waals surface area contributed by atoms with Crippen LogP contribution in [0, 0.1) is 0 Å². The fourth-order valence-corrected chi connectivity index (χ4v) is 3.58. The molecule has 4 aromatic rings. The van der Waals surface area contributed by atoms with Gasteiger partial charge in [0.05, 0.1) is 18.4 Å². The van der Waals surface area contributed by atoms with Gasteiger partial charge in [0.1, 0.15) is 0 Å². The minimum atomic E-state index is -0.208. The molecule has 29 heavy (non-hydrogen) atoms. The van der Waals surface area contributed by atoms with Crippen molar-refractivity contribution in [1.29, 1.82) is 0 Å². The molecule has 5 nitrogen and oxygen atoms in total. The number of H-pyrrole nitrogens is 1. The lowest BCUT2D eigenvalue weighted by Gasteiger charge is -2.10. The highest BCUT2D eigenvalue weighted by atomic mass is 35.5. The van der Waals surface area contributed by atoms with E-state index >= 15 is 0 Å². The van der Waals surface area contributed by atoms with E-state index in [1.807, 2.05) is 24.3 Å². The molecule has 2 aromatic carbocycles. The second kappa shape index (κ2) is 7.97. The van der Waals surface area contributed by atoms with Gasteiger partial charge in [0.15, 0.2) is 0 Å². The van der Waals surface area contributed by atoms with Gasteiger partial charge < -0.3 is 15.0 Å². The minimum Gasteiger partial charge on any atom is -0.480 e. The van der Waals surface area contributed by atoms with Gasteiger partial charge in [-0.2, -0.15) is 0 Å². The standard InChI is InChI=1S/C23H20ClN3O2/c1-3-14-9-10-25-23(29-2)21(14)20-12-15-7-8-18(13-19(15)27-20)26-22(28)16-5-4-6-17(24)11-16/h4-13,27H,3H2,1-2H3,(H,26,28). The number of anilines is 1. The summed E-state index contributed by atoms with van der Waals surface area (Å²) in [5.41, 5.74) is 5.16. The lowest BCUT2D eigenvalue weighted by atomic mass is 10.0. The smallest absolute Gasteiger partial charge is 0.255 e. The molecule has 0 unspecified atom stereocenters. The SMILES string of the molecule is CCc1ccnc(OC)c1-c1cc2ccc(NC(=O)c3cccc(Cl)c3)cc2[nH]1. The van der Waals surface area contributed by atoms with Crippen molar-refractivity contribution in [2.45, 2.75) is 13.3 Å². The van der Waals surface area contributed by atoms with E-state index in [-0.39, 0.29) is 5.91 Å². The molecule has 146 valence electrons. The van der Waals surface area contributed by atoms with Crippen LogP contribution >= 0.6 is 11.6 Å². The van der Waals surface area contributed by atoms with Crippen LogP contribution in [0.1, 0.15) is 22.8 Å². The number of methoxy groups -OCH3 is 1. The molecular weight excluding hydrogens is 386 g/mol. The number of nitrogens with one attached hydrogen (secondary N) is 2. The summed E-state index contributed by atoms with van der Waals surface area (Å²) in [6.07, 6.45) is 2.62. The molecule has 0 fully saturated rings. The van der Waals surface area contributed by atoms with Crippen molar-refractivity contribution in [1.82, 2.24) is 9.97 Å². The van der Waals surface area contributed by atoms with Crippen molar-refractivity contribution in [3.05, 3.63) is 76.9 Å². The van der Waals surface area contributed by atoms with Gasteiger partial charge >= 0.3 is 0 Å². The summed E-state index contributed by atoms with van der Waals surface area (Å²) >= 11 is 5.98. The molecule has 0 atom stereocenters. The molecule has 0 aliphatic heterocycles. The van der Waals surface area contributed by atoms with Crippen LogP contribution < -0.4 is 10.1 Å². The number of hydrogen-bond acceptors (Lipinski definition) is 3. The second-order valence-electron chi connectivity index (χ2n) is 6.66. The summed E-state index contributed by atoms with van der Waals surface area (Å²) in [7, 11) is 1.62. The van der Waals surface area contributed by atoms with Gasteiger partial charge in [-0.1, -0.05) is 30.7 Å². The van der Waals surface area contributed by atoms with Crippen LogP contribution in [0.2, 0.25) is 5.02 Å². The predicted octanol–water partition coefficient (Wildman–Crippen LogP) is 5.71. The first kappa shape index (κ1) is 19.0. The molecule has 0 radical (unpaired) electrons. The van der Waals surface area contributed by atoms with Gasteiger partial charge in [0.25, 0.3) is 5.91 Å². The molecule has 0 saturated heterocycles. The van der Waals surface area contributed by atoms with Crippen molar-refractivity contribution in [2.24, 2.45) is 0 Å². The number of carbonyl (C=O) groups excluding carboxylic acids is 1. The highest BCUT2D eigenvalue weighted by Crippen LogP contribution is 2.34. The number of amides is 1. The monoisotopic (exact) mass is 405 g/mol. The summed E-state index contributed by atoms with van der Waals surface area (Å²) in [5.74, 6) is 0.381. The first-order valence-electron chi connectivity index (χ1n) is 9.31. The second-order valence-corrected chi connectivity index (χ2v) is 7.09. The van der Waals surface area contributed by atoms with E-state index in [1.165, 1.54) is 0 Å². The number of ether oxygens (including phenoxy) is 1. The maximum Gasteiger partial charge on any atom is 0.255 e. The molecule has 2 N–H and O–H groups in total. The molecule has 0 saturated carbocycles. The normalized spacial score (nSPS) is 10.9. The molecule has 0 aliphatic carbocycles. The third-order valence-corrected chi connectivity index (χ3v) is 5.05. The average Bonchev–Trinajstić information content (AvgIpc) is 3.16. The number of hydrogen-bond donors (Lipinski definition) is 2. The third kappa shape index (κ3) is 3.82. The molecule has 6 heteroatoms. The number of nitrogens with zero attached hydrogens (tertiary/aromatic N) is 1. The zero-order valence-electron chi connectivity index (χ0n) is 16.1. The Bertz CT molecular complexity index is 1180. The van der Waals surface area contributed by atoms with Gasteiger partial charge in [-0.15, -0.1) is 0 Å². The fourth-order valence-electron chi connectivity index (χ4n) is 3.39. The van der Waals surface area contributed by atoms with E-state index in [1.54, 1.807) is 37.6 Å². The number of halogens is 1. The Morgan fingerprint density at radius 2 is 2.03 bits per heavy atom. The molecule has 2 aromatic heterocycles. The van der Waals surface area contributed by atoms with E-state index in [4.69, 9.17) is 16.3 Å². The Kier molecular flexibility index (Phi) is 5.23. The number of aryl methyl sites for hydroxylation is 1. The molecule has 0 bridgehead atoms. The minimum absolute atomic E-state index is 0.208. The van der Waals surface area contributed by atoms with Crippen LogP contribution in [0.4, 0.5) is 5.69 Å². The topological polar surface area (TPSA) is 67.0 Å². The first-order chi connectivity index (χ1) is 14.1. The number of rotatable bonds is 5. The summed E-state index contributed by atoms with van der Waals surface area (Å²) in [6.45, 7) is 2.10. The van der Waals surface area contributed by atoms with Gasteiger partial charge in [-0.05, 0) is 54.4 Å². The number of fused-ring (bicyclic) bond motifs is 1. The maximum atomic E-state index is 12.5. The molecule has 0 spiro atoms. The Morgan fingerprint density at radius 3 is 2.79 bits per heavy atom. The molecule has 1 amide bonds. The summed E-state index contributed by atoms with van der Waals surface area (Å²) < 4.78 is 5.47. The molecular formula is C23H20ClN3O2. The fraction of sp³-hybridized carbons (Fsp3) is 0.130. The van der Waals surface area contributed by atoms with E-state index in [0.29, 0.717) is 22.2 Å². The van der Waals surface area contributed by atoms with E-state index in [9.17, 15) is 4.79 Å². The van der Waals surface area contributed by atoms with Crippen LogP contribution in [-0.2, 0) is 6.42 Å². The predicted molar refractivity (Wildman–Crippen MR) is 117 cm³/mol. The van der Waals surface area contributed by atoms with Gasteiger partial charge in [0, 0.05) is 33.4 Å². The van der Waals surface area contributed by atoms with Crippen LogP contribution in [0.15, 0.2) is 60.8 Å². The lowest BCUT2D eigenvalue weighted by molar-refractivity contribution is 0.102. The van der Waals surface area contributed by atoms with Crippen molar-refractivity contribution in [3.63, 3.8) is 0 Å². The number of benzene rings is 2. The Balaban J connectivity index is 1.68. The van der Waals surface area contributed by atoms with Crippen molar-refractivity contribution in [2.75, 3.05) is 12.4 Å². The van der Waals surface area contributed by atoms with E-state index < -0.39 is 0 Å².